The van der Waals surface area contributed by atoms with Gasteiger partial charge in [0.15, 0.2) is 0 Å². The Labute approximate surface area is 130 Å². The summed E-state index contributed by atoms with van der Waals surface area (Å²) in [7, 11) is 1.64. The molecule has 0 saturated carbocycles. The summed E-state index contributed by atoms with van der Waals surface area (Å²) in [5.74, 6) is 0.447. The number of aromatic nitrogens is 1. The molecule has 1 aromatic rings. The van der Waals surface area contributed by atoms with E-state index in [-0.39, 0.29) is 4.99 Å². The molecule has 118 valence electrons. The molecular weight excluding hydrogens is 292 g/mol. The van der Waals surface area contributed by atoms with Gasteiger partial charge in [0.05, 0.1) is 38.6 Å². The Morgan fingerprint density at radius 1 is 1.10 bits per heavy atom. The second-order valence-corrected chi connectivity index (χ2v) is 4.68. The van der Waals surface area contributed by atoms with E-state index >= 15 is 0 Å². The van der Waals surface area contributed by atoms with Gasteiger partial charge in [0.2, 0.25) is 5.88 Å². The lowest BCUT2D eigenvalue weighted by Crippen LogP contribution is -2.16. The molecule has 0 aliphatic heterocycles. The maximum atomic E-state index is 5.63. The van der Waals surface area contributed by atoms with Crippen molar-refractivity contribution in [2.24, 2.45) is 5.73 Å². The van der Waals surface area contributed by atoms with Crippen LogP contribution in [-0.4, -0.2) is 56.7 Å². The van der Waals surface area contributed by atoms with Crippen LogP contribution in [0.15, 0.2) is 12.1 Å². The molecule has 0 aliphatic rings. The first-order valence-electron chi connectivity index (χ1n) is 6.70. The summed E-state index contributed by atoms with van der Waals surface area (Å²) in [6.07, 6.45) is 0. The Bertz CT molecular complexity index is 443. The number of hydrogen-bond acceptors (Lipinski definition) is 6. The van der Waals surface area contributed by atoms with Crippen molar-refractivity contribution < 1.29 is 18.9 Å². The highest BCUT2D eigenvalue weighted by Crippen LogP contribution is 2.15. The Kier molecular flexibility index (Phi) is 8.84. The molecule has 21 heavy (non-hydrogen) atoms. The van der Waals surface area contributed by atoms with Crippen molar-refractivity contribution in [2.75, 3.05) is 46.8 Å². The standard InChI is InChI=1S/C14H22N2O4S/c1-11-3-4-12(13(15)21)14(16-11)20-10-9-19-8-7-18-6-5-17-2/h3-4H,5-10H2,1-2H3,(H2,15,21). The van der Waals surface area contributed by atoms with E-state index in [0.717, 1.165) is 5.69 Å². The lowest BCUT2D eigenvalue weighted by atomic mass is 10.2. The number of thiocarbonyl (C=S) groups is 1. The number of nitrogens with zero attached hydrogens (tertiary/aromatic N) is 1. The fourth-order valence-corrected chi connectivity index (χ4v) is 1.65. The minimum absolute atomic E-state index is 0.268. The largest absolute Gasteiger partial charge is 0.475 e. The first-order valence-corrected chi connectivity index (χ1v) is 7.10. The fraction of sp³-hybridized carbons (Fsp3) is 0.571. The van der Waals surface area contributed by atoms with E-state index in [1.807, 2.05) is 19.1 Å². The number of methoxy groups -OCH3 is 1. The zero-order valence-electron chi connectivity index (χ0n) is 12.5. The molecule has 0 aromatic carbocycles. The molecule has 0 radical (unpaired) electrons. The second-order valence-electron chi connectivity index (χ2n) is 4.24. The first-order chi connectivity index (χ1) is 10.1. The van der Waals surface area contributed by atoms with Gasteiger partial charge in [-0.3, -0.25) is 0 Å². The zero-order chi connectivity index (χ0) is 15.5. The minimum atomic E-state index is 0.268. The number of ether oxygens (including phenoxy) is 4. The van der Waals surface area contributed by atoms with Gasteiger partial charge in [-0.2, -0.15) is 0 Å². The SMILES string of the molecule is COCCOCCOCCOc1nc(C)ccc1C(N)=S. The van der Waals surface area contributed by atoms with Crippen molar-refractivity contribution in [2.45, 2.75) is 6.92 Å². The fourth-order valence-electron chi connectivity index (χ4n) is 1.49. The molecule has 1 heterocycles. The third-order valence-electron chi connectivity index (χ3n) is 2.54. The van der Waals surface area contributed by atoms with Crippen molar-refractivity contribution in [1.29, 1.82) is 0 Å². The van der Waals surface area contributed by atoms with Crippen LogP contribution in [-0.2, 0) is 14.2 Å². The van der Waals surface area contributed by atoms with E-state index in [0.29, 0.717) is 51.1 Å². The van der Waals surface area contributed by atoms with E-state index in [1.165, 1.54) is 0 Å². The van der Waals surface area contributed by atoms with Gasteiger partial charge in [0.1, 0.15) is 11.6 Å². The highest BCUT2D eigenvalue weighted by molar-refractivity contribution is 7.80. The highest BCUT2D eigenvalue weighted by Gasteiger charge is 2.08. The maximum Gasteiger partial charge on any atom is 0.224 e. The number of rotatable bonds is 11. The highest BCUT2D eigenvalue weighted by atomic mass is 32.1. The lowest BCUT2D eigenvalue weighted by Gasteiger charge is -2.10. The van der Waals surface area contributed by atoms with Crippen molar-refractivity contribution in [3.05, 3.63) is 23.4 Å². The quantitative estimate of drug-likeness (QED) is 0.484. The van der Waals surface area contributed by atoms with Crippen molar-refractivity contribution >= 4 is 17.2 Å². The van der Waals surface area contributed by atoms with Gasteiger partial charge in [0, 0.05) is 12.8 Å². The Hall–Kier alpha value is -1.28. The molecule has 1 aromatic heterocycles. The predicted molar refractivity (Wildman–Crippen MR) is 83.9 cm³/mol. The molecule has 7 heteroatoms. The van der Waals surface area contributed by atoms with Gasteiger partial charge in [-0.05, 0) is 19.1 Å². The van der Waals surface area contributed by atoms with Gasteiger partial charge in [-0.25, -0.2) is 4.98 Å². The number of nitrogens with two attached hydrogens (primary N) is 1. The summed E-state index contributed by atoms with van der Waals surface area (Å²) in [6, 6.07) is 3.65. The molecule has 2 N–H and O–H groups in total. The number of aryl methyl sites for hydroxylation is 1. The zero-order valence-corrected chi connectivity index (χ0v) is 13.3. The monoisotopic (exact) mass is 314 g/mol. The lowest BCUT2D eigenvalue weighted by molar-refractivity contribution is 0.0176. The molecular formula is C14H22N2O4S. The van der Waals surface area contributed by atoms with Crippen LogP contribution in [0.4, 0.5) is 0 Å². The van der Waals surface area contributed by atoms with Crippen LogP contribution in [0.1, 0.15) is 11.3 Å². The van der Waals surface area contributed by atoms with Crippen LogP contribution in [0.3, 0.4) is 0 Å². The van der Waals surface area contributed by atoms with E-state index in [4.69, 9.17) is 36.9 Å². The molecule has 0 amide bonds. The smallest absolute Gasteiger partial charge is 0.224 e. The maximum absolute atomic E-state index is 5.63. The van der Waals surface area contributed by atoms with Crippen molar-refractivity contribution in [3.63, 3.8) is 0 Å². The molecule has 0 spiro atoms. The van der Waals surface area contributed by atoms with Crippen LogP contribution >= 0.6 is 12.2 Å². The predicted octanol–water partition coefficient (Wildman–Crippen LogP) is 1.08. The third kappa shape index (κ3) is 7.33. The van der Waals surface area contributed by atoms with Gasteiger partial charge in [-0.1, -0.05) is 12.2 Å². The van der Waals surface area contributed by atoms with Crippen molar-refractivity contribution in [1.82, 2.24) is 4.98 Å². The number of hydrogen-bond donors (Lipinski definition) is 1. The Morgan fingerprint density at radius 2 is 1.71 bits per heavy atom. The van der Waals surface area contributed by atoms with Crippen LogP contribution < -0.4 is 10.5 Å². The van der Waals surface area contributed by atoms with Gasteiger partial charge in [0.25, 0.3) is 0 Å². The Balaban J connectivity index is 2.21. The van der Waals surface area contributed by atoms with E-state index in [9.17, 15) is 0 Å². The molecule has 1 rings (SSSR count). The molecule has 0 atom stereocenters. The Morgan fingerprint density at radius 3 is 2.33 bits per heavy atom. The van der Waals surface area contributed by atoms with Crippen LogP contribution in [0.2, 0.25) is 0 Å². The first kappa shape index (κ1) is 17.8. The van der Waals surface area contributed by atoms with Crippen LogP contribution in [0, 0.1) is 6.92 Å². The molecule has 0 unspecified atom stereocenters. The summed E-state index contributed by atoms with van der Waals surface area (Å²) >= 11 is 4.96. The summed E-state index contributed by atoms with van der Waals surface area (Å²) in [5.41, 5.74) is 7.11. The molecule has 6 nitrogen and oxygen atoms in total. The van der Waals surface area contributed by atoms with Gasteiger partial charge < -0.3 is 24.7 Å². The second kappa shape index (κ2) is 10.4. The van der Waals surface area contributed by atoms with Crippen molar-refractivity contribution in [3.8, 4) is 5.88 Å². The summed E-state index contributed by atoms with van der Waals surface area (Å²) in [6.45, 7) is 4.90. The summed E-state index contributed by atoms with van der Waals surface area (Å²) in [5, 5.41) is 0. The summed E-state index contributed by atoms with van der Waals surface area (Å²) < 4.78 is 21.1. The number of pyridine rings is 1. The average molecular weight is 314 g/mol. The normalized spacial score (nSPS) is 10.6. The van der Waals surface area contributed by atoms with E-state index in [2.05, 4.69) is 4.98 Å². The van der Waals surface area contributed by atoms with Crippen LogP contribution in [0.5, 0.6) is 5.88 Å². The minimum Gasteiger partial charge on any atom is -0.475 e. The topological polar surface area (TPSA) is 75.8 Å². The molecule has 0 aliphatic carbocycles. The average Bonchev–Trinajstić information content (AvgIpc) is 2.45. The van der Waals surface area contributed by atoms with Gasteiger partial charge >= 0.3 is 0 Å². The van der Waals surface area contributed by atoms with Gasteiger partial charge in [-0.15, -0.1) is 0 Å². The third-order valence-corrected chi connectivity index (χ3v) is 2.76. The van der Waals surface area contributed by atoms with E-state index < -0.39 is 0 Å². The molecule has 0 fully saturated rings. The summed E-state index contributed by atoms with van der Waals surface area (Å²) in [4.78, 5) is 4.55. The molecule has 0 bridgehead atoms. The molecule has 0 saturated heterocycles. The van der Waals surface area contributed by atoms with Crippen LogP contribution in [0.25, 0.3) is 0 Å². The van der Waals surface area contributed by atoms with E-state index in [1.54, 1.807) is 7.11 Å².